The Balaban J connectivity index is 2.27. The van der Waals surface area contributed by atoms with Gasteiger partial charge >= 0.3 is 6.03 Å². The average Bonchev–Trinajstić information content (AvgIpc) is 2.40. The van der Waals surface area contributed by atoms with E-state index in [-0.39, 0.29) is 18.5 Å². The van der Waals surface area contributed by atoms with Gasteiger partial charge in [-0.05, 0) is 13.0 Å². The Labute approximate surface area is 114 Å². The summed E-state index contributed by atoms with van der Waals surface area (Å²) in [5.74, 6) is -0.544. The number of fused-ring (bicyclic) bond motifs is 1. The summed E-state index contributed by atoms with van der Waals surface area (Å²) < 4.78 is 1.22. The van der Waals surface area contributed by atoms with Crippen LogP contribution in [0.5, 0.6) is 0 Å². The number of imide groups is 1. The summed E-state index contributed by atoms with van der Waals surface area (Å²) in [6.45, 7) is 1.88. The Morgan fingerprint density at radius 3 is 2.60 bits per heavy atom. The number of hydrogen-bond donors (Lipinski definition) is 2. The number of nitrogens with zero attached hydrogens (tertiary/aromatic N) is 2. The highest BCUT2D eigenvalue weighted by Gasteiger charge is 2.09. The molecule has 2 rings (SSSR count). The van der Waals surface area contributed by atoms with Gasteiger partial charge in [-0.15, -0.1) is 0 Å². The lowest BCUT2D eigenvalue weighted by Crippen LogP contribution is -2.36. The first-order valence-electron chi connectivity index (χ1n) is 6.05. The monoisotopic (exact) mass is 274 g/mol. The molecule has 0 fully saturated rings. The van der Waals surface area contributed by atoms with Crippen molar-refractivity contribution in [3.05, 3.63) is 40.3 Å². The highest BCUT2D eigenvalue weighted by atomic mass is 16.2. The molecule has 0 unspecified atom stereocenters. The van der Waals surface area contributed by atoms with E-state index < -0.39 is 11.9 Å². The van der Waals surface area contributed by atoms with Crippen molar-refractivity contribution in [2.75, 3.05) is 0 Å². The van der Waals surface area contributed by atoms with E-state index in [2.05, 4.69) is 5.10 Å². The van der Waals surface area contributed by atoms with Crippen molar-refractivity contribution in [3.8, 4) is 0 Å². The molecular weight excluding hydrogens is 260 g/mol. The first-order chi connectivity index (χ1) is 9.49. The topological polar surface area (TPSA) is 107 Å². The third-order valence-corrected chi connectivity index (χ3v) is 2.87. The van der Waals surface area contributed by atoms with Gasteiger partial charge in [0.2, 0.25) is 5.91 Å². The number of aromatic nitrogens is 2. The number of urea groups is 1. The normalized spacial score (nSPS) is 10.4. The summed E-state index contributed by atoms with van der Waals surface area (Å²) in [5.41, 5.74) is 5.27. The van der Waals surface area contributed by atoms with Gasteiger partial charge in [0.15, 0.2) is 0 Å². The third-order valence-electron chi connectivity index (χ3n) is 2.87. The lowest BCUT2D eigenvalue weighted by molar-refractivity contribution is -0.120. The van der Waals surface area contributed by atoms with Crippen LogP contribution in [0.4, 0.5) is 4.79 Å². The molecule has 0 aliphatic carbocycles. The molecule has 0 saturated heterocycles. The summed E-state index contributed by atoms with van der Waals surface area (Å²) in [6.07, 6.45) is -0.0480. The second-order valence-electron chi connectivity index (χ2n) is 4.32. The fraction of sp³-hybridized carbons (Fsp3) is 0.231. The van der Waals surface area contributed by atoms with Crippen LogP contribution in [0.25, 0.3) is 10.8 Å². The van der Waals surface area contributed by atoms with Crippen LogP contribution in [0.3, 0.4) is 0 Å². The fourth-order valence-corrected chi connectivity index (χ4v) is 1.96. The van der Waals surface area contributed by atoms with Crippen LogP contribution in [0.1, 0.15) is 12.1 Å². The molecule has 3 N–H and O–H groups in total. The SMILES string of the molecule is Cc1nn(CCC(=O)NC(N)=O)c(=O)c2ccccc12. The molecule has 1 aromatic carbocycles. The smallest absolute Gasteiger partial charge is 0.318 e. The minimum absolute atomic E-state index is 0.0480. The molecule has 3 amide bonds. The molecule has 0 saturated carbocycles. The second kappa shape index (κ2) is 5.52. The Hall–Kier alpha value is -2.70. The Morgan fingerprint density at radius 1 is 1.30 bits per heavy atom. The van der Waals surface area contributed by atoms with E-state index in [0.717, 1.165) is 5.39 Å². The molecule has 7 heteroatoms. The van der Waals surface area contributed by atoms with Gasteiger partial charge in [0.05, 0.1) is 17.6 Å². The molecular formula is C13H14N4O3. The zero-order chi connectivity index (χ0) is 14.7. The maximum atomic E-state index is 12.2. The van der Waals surface area contributed by atoms with Crippen LogP contribution in [0.2, 0.25) is 0 Å². The van der Waals surface area contributed by atoms with E-state index in [1.54, 1.807) is 19.1 Å². The van der Waals surface area contributed by atoms with Crippen molar-refractivity contribution in [3.63, 3.8) is 0 Å². The van der Waals surface area contributed by atoms with E-state index in [9.17, 15) is 14.4 Å². The maximum absolute atomic E-state index is 12.2. The van der Waals surface area contributed by atoms with E-state index in [1.807, 2.05) is 17.4 Å². The van der Waals surface area contributed by atoms with Gasteiger partial charge in [-0.2, -0.15) is 5.10 Å². The zero-order valence-electron chi connectivity index (χ0n) is 10.9. The molecule has 20 heavy (non-hydrogen) atoms. The van der Waals surface area contributed by atoms with Crippen LogP contribution in [0.15, 0.2) is 29.1 Å². The minimum atomic E-state index is -0.912. The highest BCUT2D eigenvalue weighted by Crippen LogP contribution is 2.11. The van der Waals surface area contributed by atoms with E-state index in [1.165, 1.54) is 4.68 Å². The summed E-state index contributed by atoms with van der Waals surface area (Å²) >= 11 is 0. The lowest BCUT2D eigenvalue weighted by atomic mass is 10.1. The highest BCUT2D eigenvalue weighted by molar-refractivity contribution is 5.93. The van der Waals surface area contributed by atoms with Gasteiger partial charge in [0.1, 0.15) is 0 Å². The number of primary amides is 1. The third kappa shape index (κ3) is 2.82. The van der Waals surface area contributed by atoms with Crippen molar-refractivity contribution < 1.29 is 9.59 Å². The largest absolute Gasteiger partial charge is 0.351 e. The first kappa shape index (κ1) is 13.7. The fourth-order valence-electron chi connectivity index (χ4n) is 1.96. The number of benzene rings is 1. The van der Waals surface area contributed by atoms with Crippen molar-refractivity contribution in [2.45, 2.75) is 19.9 Å². The molecule has 0 spiro atoms. The standard InChI is InChI=1S/C13H14N4O3/c1-8-9-4-2-3-5-10(9)12(19)17(16-8)7-6-11(18)15-13(14)20/h2-5H,6-7H2,1H3,(H3,14,15,18,20). The molecule has 1 aromatic heterocycles. The number of amides is 3. The summed E-state index contributed by atoms with van der Waals surface area (Å²) in [7, 11) is 0. The van der Waals surface area contributed by atoms with Gasteiger partial charge in [-0.3, -0.25) is 14.9 Å². The van der Waals surface area contributed by atoms with Crippen LogP contribution >= 0.6 is 0 Å². The predicted molar refractivity (Wildman–Crippen MR) is 73.1 cm³/mol. The van der Waals surface area contributed by atoms with Crippen molar-refractivity contribution >= 4 is 22.7 Å². The lowest BCUT2D eigenvalue weighted by Gasteiger charge is -2.08. The molecule has 1 heterocycles. The van der Waals surface area contributed by atoms with Gasteiger partial charge in [-0.25, -0.2) is 9.48 Å². The van der Waals surface area contributed by atoms with Gasteiger partial charge in [0.25, 0.3) is 5.56 Å². The van der Waals surface area contributed by atoms with Crippen LogP contribution in [-0.2, 0) is 11.3 Å². The quantitative estimate of drug-likeness (QED) is 0.838. The van der Waals surface area contributed by atoms with Crippen LogP contribution in [-0.4, -0.2) is 21.7 Å². The average molecular weight is 274 g/mol. The number of nitrogens with one attached hydrogen (secondary N) is 1. The Kier molecular flexibility index (Phi) is 3.79. The molecule has 0 bridgehead atoms. The summed E-state index contributed by atoms with van der Waals surface area (Å²) in [5, 5.41) is 7.44. The molecule has 0 atom stereocenters. The van der Waals surface area contributed by atoms with E-state index in [0.29, 0.717) is 11.1 Å². The summed E-state index contributed by atoms with van der Waals surface area (Å²) in [4.78, 5) is 34.0. The molecule has 0 aliphatic rings. The van der Waals surface area contributed by atoms with Crippen molar-refractivity contribution in [1.29, 1.82) is 0 Å². The van der Waals surface area contributed by atoms with Gasteiger partial charge < -0.3 is 5.73 Å². The van der Waals surface area contributed by atoms with Gasteiger partial charge in [-0.1, -0.05) is 18.2 Å². The maximum Gasteiger partial charge on any atom is 0.318 e. The van der Waals surface area contributed by atoms with Gasteiger partial charge in [0, 0.05) is 11.8 Å². The number of nitrogens with two attached hydrogens (primary N) is 1. The van der Waals surface area contributed by atoms with E-state index >= 15 is 0 Å². The summed E-state index contributed by atoms with van der Waals surface area (Å²) in [6, 6.07) is 6.23. The molecule has 0 radical (unpaired) electrons. The molecule has 0 aliphatic heterocycles. The molecule has 7 nitrogen and oxygen atoms in total. The number of carbonyl (C=O) groups excluding carboxylic acids is 2. The second-order valence-corrected chi connectivity index (χ2v) is 4.32. The van der Waals surface area contributed by atoms with Crippen LogP contribution in [0, 0.1) is 6.92 Å². The zero-order valence-corrected chi connectivity index (χ0v) is 10.9. The number of aryl methyl sites for hydroxylation is 2. The van der Waals surface area contributed by atoms with Crippen molar-refractivity contribution in [2.24, 2.45) is 5.73 Å². The number of carbonyl (C=O) groups is 2. The predicted octanol–water partition coefficient (Wildman–Crippen LogP) is 0.290. The van der Waals surface area contributed by atoms with Crippen molar-refractivity contribution in [1.82, 2.24) is 15.1 Å². The number of hydrogen-bond acceptors (Lipinski definition) is 4. The van der Waals surface area contributed by atoms with E-state index in [4.69, 9.17) is 5.73 Å². The molecule has 2 aromatic rings. The number of rotatable bonds is 3. The minimum Gasteiger partial charge on any atom is -0.351 e. The molecule has 104 valence electrons. The first-order valence-corrected chi connectivity index (χ1v) is 6.05. The Bertz CT molecular complexity index is 736. The Morgan fingerprint density at radius 2 is 1.95 bits per heavy atom. The van der Waals surface area contributed by atoms with Crippen LogP contribution < -0.4 is 16.6 Å².